The van der Waals surface area contributed by atoms with Crippen LogP contribution < -0.4 is 16.0 Å². The Bertz CT molecular complexity index is 1010. The summed E-state index contributed by atoms with van der Waals surface area (Å²) in [6.45, 7) is 6.45. The minimum Gasteiger partial charge on any atom is -0.354 e. The van der Waals surface area contributed by atoms with Gasteiger partial charge in [-0.05, 0) is 68.7 Å². The predicted molar refractivity (Wildman–Crippen MR) is 134 cm³/mol. The molecule has 1 aliphatic heterocycles. The first kappa shape index (κ1) is 24.4. The number of amides is 3. The van der Waals surface area contributed by atoms with Crippen molar-refractivity contribution < 1.29 is 9.59 Å². The van der Waals surface area contributed by atoms with Crippen LogP contribution >= 0.6 is 34.8 Å². The monoisotopic (exact) mass is 509 g/mol. The first-order valence-electron chi connectivity index (χ1n) is 11.4. The molecule has 0 aromatic heterocycles. The van der Waals surface area contributed by atoms with Gasteiger partial charge in [-0.2, -0.15) is 0 Å². The average Bonchev–Trinajstić information content (AvgIpc) is 3.06. The average molecular weight is 511 g/mol. The summed E-state index contributed by atoms with van der Waals surface area (Å²) in [5.41, 5.74) is -0.219. The second-order valence-electron chi connectivity index (χ2n) is 9.97. The van der Waals surface area contributed by atoms with Crippen molar-refractivity contribution in [2.45, 2.75) is 57.5 Å². The summed E-state index contributed by atoms with van der Waals surface area (Å²) in [6.07, 6.45) is 5.84. The summed E-state index contributed by atoms with van der Waals surface area (Å²) in [7, 11) is 0. The second-order valence-corrected chi connectivity index (χ2v) is 11.2. The van der Waals surface area contributed by atoms with Crippen molar-refractivity contribution in [3.8, 4) is 0 Å². The molecule has 2 fully saturated rings. The van der Waals surface area contributed by atoms with Crippen LogP contribution in [0.3, 0.4) is 0 Å². The van der Waals surface area contributed by atoms with E-state index >= 15 is 0 Å². The van der Waals surface area contributed by atoms with Gasteiger partial charge in [-0.25, -0.2) is 4.79 Å². The summed E-state index contributed by atoms with van der Waals surface area (Å²) in [5.74, 6) is -0.135. The number of fused-ring (bicyclic) bond motifs is 1. The van der Waals surface area contributed by atoms with Gasteiger partial charge in [-0.3, -0.25) is 4.79 Å². The Morgan fingerprint density at radius 2 is 1.85 bits per heavy atom. The van der Waals surface area contributed by atoms with Crippen LogP contribution in [-0.2, 0) is 4.79 Å². The van der Waals surface area contributed by atoms with Gasteiger partial charge >= 0.3 is 6.03 Å². The standard InChI is InChI=1S/C25H30Cl3N3O2/c1-14(2)30-23(33)31-25-11-9-18(24(3)10-8-17(27)12-20(24)28)21(19(25)13-29-22(25)32)15-4-6-16(26)7-5-15/h4-8,12,14,18-19,21H,9-11,13H2,1-3H3,(H,29,32)(H2,30,31,33)/t18-,19+,21+,24?,25+/m1/s1. The molecule has 178 valence electrons. The Balaban J connectivity index is 1.77. The van der Waals surface area contributed by atoms with Crippen LogP contribution in [0.15, 0.2) is 46.5 Å². The number of carbonyl (C=O) groups is 2. The molecule has 1 unspecified atom stereocenters. The normalized spacial score (nSPS) is 33.7. The molecule has 5 nitrogen and oxygen atoms in total. The van der Waals surface area contributed by atoms with E-state index in [1.165, 1.54) is 0 Å². The molecule has 1 aromatic carbocycles. The predicted octanol–water partition coefficient (Wildman–Crippen LogP) is 5.68. The molecule has 5 atom stereocenters. The van der Waals surface area contributed by atoms with E-state index in [-0.39, 0.29) is 41.1 Å². The van der Waals surface area contributed by atoms with E-state index in [1.54, 1.807) is 0 Å². The molecule has 1 saturated carbocycles. The number of halogens is 3. The third kappa shape index (κ3) is 4.40. The summed E-state index contributed by atoms with van der Waals surface area (Å²) in [5, 5.41) is 11.0. The van der Waals surface area contributed by atoms with Crippen LogP contribution in [0.5, 0.6) is 0 Å². The van der Waals surface area contributed by atoms with Gasteiger partial charge in [0.2, 0.25) is 5.91 Å². The van der Waals surface area contributed by atoms with E-state index < -0.39 is 5.54 Å². The van der Waals surface area contributed by atoms with Crippen molar-refractivity contribution in [2.24, 2.45) is 17.3 Å². The van der Waals surface area contributed by atoms with Gasteiger partial charge in [0.1, 0.15) is 5.54 Å². The van der Waals surface area contributed by atoms with E-state index in [2.05, 4.69) is 22.9 Å². The fourth-order valence-electron chi connectivity index (χ4n) is 5.94. The Kier molecular flexibility index (Phi) is 6.78. The van der Waals surface area contributed by atoms with E-state index in [0.29, 0.717) is 23.0 Å². The van der Waals surface area contributed by atoms with Crippen LogP contribution in [0.4, 0.5) is 4.79 Å². The van der Waals surface area contributed by atoms with Crippen LogP contribution in [0.1, 0.15) is 51.5 Å². The summed E-state index contributed by atoms with van der Waals surface area (Å²) in [6, 6.07) is 7.46. The molecular weight excluding hydrogens is 481 g/mol. The van der Waals surface area contributed by atoms with Gasteiger partial charge in [0.05, 0.1) is 0 Å². The molecule has 3 N–H and O–H groups in total. The molecule has 0 spiro atoms. The van der Waals surface area contributed by atoms with Gasteiger partial charge < -0.3 is 16.0 Å². The number of hydrogen-bond acceptors (Lipinski definition) is 2. The Hall–Kier alpha value is -1.69. The van der Waals surface area contributed by atoms with Crippen molar-refractivity contribution in [1.29, 1.82) is 0 Å². The molecule has 3 aliphatic rings. The zero-order valence-electron chi connectivity index (χ0n) is 19.1. The van der Waals surface area contributed by atoms with Gasteiger partial charge in [0.15, 0.2) is 0 Å². The quantitative estimate of drug-likeness (QED) is 0.487. The third-order valence-electron chi connectivity index (χ3n) is 7.60. The Morgan fingerprint density at radius 3 is 2.48 bits per heavy atom. The second kappa shape index (κ2) is 9.16. The highest BCUT2D eigenvalue weighted by molar-refractivity contribution is 6.35. The largest absolute Gasteiger partial charge is 0.354 e. The molecule has 0 bridgehead atoms. The number of hydrogen-bond donors (Lipinski definition) is 3. The summed E-state index contributed by atoms with van der Waals surface area (Å²) in [4.78, 5) is 26.0. The molecule has 1 aromatic rings. The Morgan fingerprint density at radius 1 is 1.15 bits per heavy atom. The minimum absolute atomic E-state index is 0.0215. The fourth-order valence-corrected chi connectivity index (χ4v) is 6.64. The van der Waals surface area contributed by atoms with Gasteiger partial charge in [-0.15, -0.1) is 0 Å². The molecule has 1 saturated heterocycles. The molecule has 4 rings (SSSR count). The molecule has 1 heterocycles. The van der Waals surface area contributed by atoms with E-state index in [0.717, 1.165) is 23.4 Å². The van der Waals surface area contributed by atoms with Crippen molar-refractivity contribution >= 4 is 46.7 Å². The SMILES string of the molecule is CC(C)NC(=O)N[C@@]12CC[C@@H](C3(C)CC=C(Cl)C=C3Cl)[C@H](c3ccc(Cl)cc3)[C@@H]1CNC2=O. The first-order valence-corrected chi connectivity index (χ1v) is 12.6. The van der Waals surface area contributed by atoms with Crippen molar-refractivity contribution in [1.82, 2.24) is 16.0 Å². The van der Waals surface area contributed by atoms with E-state index in [9.17, 15) is 9.59 Å². The lowest BCUT2D eigenvalue weighted by molar-refractivity contribution is -0.127. The molecule has 3 amide bonds. The van der Waals surface area contributed by atoms with Gasteiger partial charge in [0, 0.05) is 39.0 Å². The van der Waals surface area contributed by atoms with E-state index in [4.69, 9.17) is 34.8 Å². The summed E-state index contributed by atoms with van der Waals surface area (Å²) < 4.78 is 0. The molecule has 2 aliphatic carbocycles. The highest BCUT2D eigenvalue weighted by Crippen LogP contribution is 2.59. The maximum atomic E-state index is 13.2. The highest BCUT2D eigenvalue weighted by atomic mass is 35.5. The minimum atomic E-state index is -0.978. The number of urea groups is 1. The van der Waals surface area contributed by atoms with Crippen LogP contribution in [0.2, 0.25) is 5.02 Å². The fraction of sp³-hybridized carbons (Fsp3) is 0.520. The topological polar surface area (TPSA) is 70.2 Å². The Labute approximate surface area is 210 Å². The van der Waals surface area contributed by atoms with E-state index in [1.807, 2.05) is 50.3 Å². The number of nitrogens with one attached hydrogen (secondary N) is 3. The highest BCUT2D eigenvalue weighted by Gasteiger charge is 2.61. The number of rotatable bonds is 4. The lowest BCUT2D eigenvalue weighted by atomic mass is 9.54. The molecule has 33 heavy (non-hydrogen) atoms. The molecule has 8 heteroatoms. The maximum absolute atomic E-state index is 13.2. The smallest absolute Gasteiger partial charge is 0.315 e. The van der Waals surface area contributed by atoms with Crippen molar-refractivity contribution in [3.05, 3.63) is 57.1 Å². The van der Waals surface area contributed by atoms with Crippen molar-refractivity contribution in [3.63, 3.8) is 0 Å². The van der Waals surface area contributed by atoms with Crippen LogP contribution in [-0.4, -0.2) is 30.1 Å². The molecule has 0 radical (unpaired) electrons. The van der Waals surface area contributed by atoms with Crippen LogP contribution in [0, 0.1) is 17.3 Å². The van der Waals surface area contributed by atoms with Gasteiger partial charge in [-0.1, -0.05) is 59.9 Å². The lowest BCUT2D eigenvalue weighted by Gasteiger charge is -2.52. The number of allylic oxidation sites excluding steroid dienone is 4. The number of carbonyl (C=O) groups excluding carboxylic acids is 2. The maximum Gasteiger partial charge on any atom is 0.315 e. The van der Waals surface area contributed by atoms with Crippen LogP contribution in [0.25, 0.3) is 0 Å². The number of benzene rings is 1. The van der Waals surface area contributed by atoms with Gasteiger partial charge in [0.25, 0.3) is 0 Å². The first-order chi connectivity index (χ1) is 15.6. The third-order valence-corrected chi connectivity index (χ3v) is 8.65. The zero-order chi connectivity index (χ0) is 24.0. The lowest BCUT2D eigenvalue weighted by Crippen LogP contribution is -2.64. The summed E-state index contributed by atoms with van der Waals surface area (Å²) >= 11 is 19.3. The zero-order valence-corrected chi connectivity index (χ0v) is 21.3. The van der Waals surface area contributed by atoms with Crippen molar-refractivity contribution in [2.75, 3.05) is 6.54 Å². The molecular formula is C25H30Cl3N3O2.